The fourth-order valence-electron chi connectivity index (χ4n) is 1.70. The van der Waals surface area contributed by atoms with Gasteiger partial charge in [0.1, 0.15) is 11.6 Å². The van der Waals surface area contributed by atoms with E-state index in [-0.39, 0.29) is 12.0 Å². The molecule has 0 aromatic heterocycles. The molecular weight excluding hydrogens is 219 g/mol. The van der Waals surface area contributed by atoms with E-state index in [2.05, 4.69) is 13.2 Å². The van der Waals surface area contributed by atoms with Crippen LogP contribution in [0.25, 0.3) is 0 Å². The summed E-state index contributed by atoms with van der Waals surface area (Å²) in [5, 5.41) is 9.16. The third-order valence-electron chi connectivity index (χ3n) is 2.99. The fraction of sp³-hybridized carbons (Fsp3) is 0.571. The topological polar surface area (TPSA) is 29.5 Å². The Bertz CT molecular complexity index is 325. The third kappa shape index (κ3) is 4.35. The lowest BCUT2D eigenvalue weighted by molar-refractivity contribution is 0.00678. The van der Waals surface area contributed by atoms with Gasteiger partial charge < -0.3 is 9.84 Å². The molecule has 0 saturated heterocycles. The van der Waals surface area contributed by atoms with Gasteiger partial charge in [-0.25, -0.2) is 4.39 Å². The molecule has 0 unspecified atom stereocenters. The van der Waals surface area contributed by atoms with Crippen molar-refractivity contribution >= 4 is 0 Å². The zero-order valence-corrected chi connectivity index (χ0v) is 10.6. The molecule has 0 atom stereocenters. The minimum Gasteiger partial charge on any atom is -0.493 e. The second-order valence-corrected chi connectivity index (χ2v) is 4.94. The van der Waals surface area contributed by atoms with Crippen molar-refractivity contribution in [3.8, 4) is 0 Å². The minimum atomic E-state index is -0.532. The van der Waals surface area contributed by atoms with Crippen molar-refractivity contribution in [2.75, 3.05) is 6.61 Å². The van der Waals surface area contributed by atoms with Crippen molar-refractivity contribution < 1.29 is 14.2 Å². The van der Waals surface area contributed by atoms with Crippen LogP contribution in [0.4, 0.5) is 4.39 Å². The average Bonchev–Trinajstić information content (AvgIpc) is 2.18. The highest BCUT2D eigenvalue weighted by Crippen LogP contribution is 2.29. The molecule has 0 amide bonds. The normalized spacial score (nSPS) is 24.4. The Labute approximate surface area is 102 Å². The van der Waals surface area contributed by atoms with Gasteiger partial charge in [-0.3, -0.25) is 0 Å². The maximum Gasteiger partial charge on any atom is 0.125 e. The maximum atomic E-state index is 12.8. The Morgan fingerprint density at radius 2 is 2.06 bits per heavy atom. The summed E-state index contributed by atoms with van der Waals surface area (Å²) < 4.78 is 18.4. The average molecular weight is 240 g/mol. The fourth-order valence-corrected chi connectivity index (χ4v) is 1.70. The Kier molecular flexibility index (Phi) is 4.94. The number of aliphatic hydroxyl groups is 1. The van der Waals surface area contributed by atoms with Gasteiger partial charge in [0.05, 0.1) is 12.7 Å². The molecule has 2 nitrogen and oxygen atoms in total. The van der Waals surface area contributed by atoms with Gasteiger partial charge in [0, 0.05) is 6.08 Å². The van der Waals surface area contributed by atoms with Crippen LogP contribution in [0.15, 0.2) is 36.4 Å². The molecule has 0 bridgehead atoms. The van der Waals surface area contributed by atoms with Crippen LogP contribution in [0.3, 0.4) is 0 Å². The Morgan fingerprint density at radius 3 is 2.47 bits per heavy atom. The molecule has 0 spiro atoms. The lowest BCUT2D eigenvalue weighted by Crippen LogP contribution is -2.31. The van der Waals surface area contributed by atoms with Crippen LogP contribution >= 0.6 is 0 Å². The SMILES string of the molecule is C=C(F)/C=C(/OCC1CC(O)C1)C(=C)C(C)C. The second kappa shape index (κ2) is 6.01. The number of hydrogen-bond acceptors (Lipinski definition) is 2. The van der Waals surface area contributed by atoms with E-state index >= 15 is 0 Å². The Morgan fingerprint density at radius 1 is 1.47 bits per heavy atom. The van der Waals surface area contributed by atoms with E-state index in [1.807, 2.05) is 13.8 Å². The summed E-state index contributed by atoms with van der Waals surface area (Å²) >= 11 is 0. The molecule has 0 aromatic rings. The molecule has 1 aliphatic carbocycles. The zero-order chi connectivity index (χ0) is 13.0. The Hall–Kier alpha value is -1.09. The highest BCUT2D eigenvalue weighted by atomic mass is 19.1. The molecule has 0 aromatic carbocycles. The van der Waals surface area contributed by atoms with Crippen LogP contribution in [-0.2, 0) is 4.74 Å². The van der Waals surface area contributed by atoms with Crippen molar-refractivity contribution in [1.82, 2.24) is 0 Å². The predicted octanol–water partition coefficient (Wildman–Crippen LogP) is 3.35. The van der Waals surface area contributed by atoms with Gasteiger partial charge in [0.15, 0.2) is 0 Å². The van der Waals surface area contributed by atoms with Crippen LogP contribution < -0.4 is 0 Å². The highest BCUT2D eigenvalue weighted by molar-refractivity contribution is 5.29. The molecule has 17 heavy (non-hydrogen) atoms. The van der Waals surface area contributed by atoms with Gasteiger partial charge >= 0.3 is 0 Å². The molecule has 1 rings (SSSR count). The Balaban J connectivity index is 2.52. The summed E-state index contributed by atoms with van der Waals surface area (Å²) in [6.45, 7) is 11.6. The first-order chi connectivity index (χ1) is 7.90. The molecule has 1 fully saturated rings. The lowest BCUT2D eigenvalue weighted by atomic mass is 9.83. The van der Waals surface area contributed by atoms with Gasteiger partial charge in [0.2, 0.25) is 0 Å². The number of ether oxygens (including phenoxy) is 1. The number of aliphatic hydroxyl groups excluding tert-OH is 1. The minimum absolute atomic E-state index is 0.194. The van der Waals surface area contributed by atoms with Gasteiger partial charge in [-0.1, -0.05) is 27.0 Å². The van der Waals surface area contributed by atoms with Crippen molar-refractivity contribution in [2.24, 2.45) is 11.8 Å². The summed E-state index contributed by atoms with van der Waals surface area (Å²) in [6.07, 6.45) is 2.61. The van der Waals surface area contributed by atoms with E-state index in [0.29, 0.717) is 18.3 Å². The predicted molar refractivity (Wildman–Crippen MR) is 67.0 cm³/mol. The van der Waals surface area contributed by atoms with E-state index in [9.17, 15) is 4.39 Å². The summed E-state index contributed by atoms with van der Waals surface area (Å²) in [7, 11) is 0. The molecule has 1 saturated carbocycles. The van der Waals surface area contributed by atoms with Crippen LogP contribution in [-0.4, -0.2) is 17.8 Å². The van der Waals surface area contributed by atoms with Gasteiger partial charge in [-0.05, 0) is 30.3 Å². The monoisotopic (exact) mass is 240 g/mol. The van der Waals surface area contributed by atoms with Crippen LogP contribution in [0.5, 0.6) is 0 Å². The van der Waals surface area contributed by atoms with Crippen LogP contribution in [0.1, 0.15) is 26.7 Å². The highest BCUT2D eigenvalue weighted by Gasteiger charge is 2.28. The quantitative estimate of drug-likeness (QED) is 0.570. The van der Waals surface area contributed by atoms with Crippen molar-refractivity contribution in [2.45, 2.75) is 32.8 Å². The molecule has 0 radical (unpaired) electrons. The zero-order valence-electron chi connectivity index (χ0n) is 10.6. The standard InChI is InChI=1S/C14H21FO2/c1-9(2)11(4)14(5-10(3)15)17-8-12-6-13(16)7-12/h5,9,12-13,16H,3-4,6-8H2,1-2H3/b14-5+. The third-order valence-corrected chi connectivity index (χ3v) is 2.99. The van der Waals surface area contributed by atoms with Crippen molar-refractivity contribution in [1.29, 1.82) is 0 Å². The van der Waals surface area contributed by atoms with E-state index in [1.54, 1.807) is 0 Å². The van der Waals surface area contributed by atoms with Crippen molar-refractivity contribution in [3.63, 3.8) is 0 Å². The molecule has 0 aliphatic heterocycles. The van der Waals surface area contributed by atoms with Crippen LogP contribution in [0, 0.1) is 11.8 Å². The number of allylic oxidation sites excluding steroid dienone is 3. The molecule has 0 heterocycles. The summed E-state index contributed by atoms with van der Waals surface area (Å²) in [5.41, 5.74) is 0.767. The smallest absolute Gasteiger partial charge is 0.125 e. The lowest BCUT2D eigenvalue weighted by Gasteiger charge is -2.31. The number of halogens is 1. The van der Waals surface area contributed by atoms with E-state index < -0.39 is 5.83 Å². The van der Waals surface area contributed by atoms with Gasteiger partial charge in [0.25, 0.3) is 0 Å². The van der Waals surface area contributed by atoms with E-state index in [1.165, 1.54) is 6.08 Å². The molecule has 1 N–H and O–H groups in total. The molecule has 96 valence electrons. The number of rotatable bonds is 6. The second-order valence-electron chi connectivity index (χ2n) is 4.94. The molecule has 1 aliphatic rings. The number of hydrogen-bond donors (Lipinski definition) is 1. The van der Waals surface area contributed by atoms with Gasteiger partial charge in [-0.15, -0.1) is 0 Å². The van der Waals surface area contributed by atoms with E-state index in [4.69, 9.17) is 9.84 Å². The van der Waals surface area contributed by atoms with Gasteiger partial charge in [-0.2, -0.15) is 0 Å². The first kappa shape index (κ1) is 14.0. The van der Waals surface area contributed by atoms with Crippen molar-refractivity contribution in [3.05, 3.63) is 36.4 Å². The molecule has 3 heteroatoms. The largest absolute Gasteiger partial charge is 0.493 e. The maximum absolute atomic E-state index is 12.8. The summed E-state index contributed by atoms with van der Waals surface area (Å²) in [6, 6.07) is 0. The molecular formula is C14H21FO2. The first-order valence-electron chi connectivity index (χ1n) is 5.96. The summed E-state index contributed by atoms with van der Waals surface area (Å²) in [5.74, 6) is 0.498. The van der Waals surface area contributed by atoms with E-state index in [0.717, 1.165) is 18.4 Å². The van der Waals surface area contributed by atoms with Crippen LogP contribution in [0.2, 0.25) is 0 Å². The summed E-state index contributed by atoms with van der Waals surface area (Å²) in [4.78, 5) is 0. The first-order valence-corrected chi connectivity index (χ1v) is 5.96.